The van der Waals surface area contributed by atoms with Crippen LogP contribution in [0.15, 0.2) is 53.4 Å². The van der Waals surface area contributed by atoms with Crippen molar-refractivity contribution in [2.75, 3.05) is 26.2 Å². The lowest BCUT2D eigenvalue weighted by Crippen LogP contribution is -2.51. The van der Waals surface area contributed by atoms with Gasteiger partial charge in [0.05, 0.1) is 10.5 Å². The molecule has 1 saturated carbocycles. The van der Waals surface area contributed by atoms with Gasteiger partial charge in [0.1, 0.15) is 5.82 Å². The average Bonchev–Trinajstić information content (AvgIpc) is 3.54. The third-order valence-electron chi connectivity index (χ3n) is 5.76. The molecule has 1 saturated heterocycles. The third-order valence-corrected chi connectivity index (χ3v) is 7.66. The lowest BCUT2D eigenvalue weighted by molar-refractivity contribution is -0.137. The molecule has 2 aliphatic rings. The van der Waals surface area contributed by atoms with Gasteiger partial charge in [-0.15, -0.1) is 0 Å². The molecule has 4 rings (SSSR count). The number of sulfonamides is 1. The number of carbonyl (C=O) groups excluding carboxylic acids is 1. The number of piperazine rings is 1. The molecule has 2 atom stereocenters. The summed E-state index contributed by atoms with van der Waals surface area (Å²) < 4.78 is 79.4. The summed E-state index contributed by atoms with van der Waals surface area (Å²) in [5.74, 6) is -1.01. The Bertz CT molecular complexity index is 1100. The van der Waals surface area contributed by atoms with Crippen molar-refractivity contribution in [3.63, 3.8) is 0 Å². The van der Waals surface area contributed by atoms with Crippen LogP contribution >= 0.6 is 0 Å². The average molecular weight is 456 g/mol. The summed E-state index contributed by atoms with van der Waals surface area (Å²) in [6.45, 7) is 0.248. The molecule has 0 radical (unpaired) electrons. The highest BCUT2D eigenvalue weighted by Crippen LogP contribution is 2.49. The van der Waals surface area contributed by atoms with Crippen LogP contribution in [0, 0.1) is 11.7 Å². The Labute approximate surface area is 177 Å². The van der Waals surface area contributed by atoms with Gasteiger partial charge in [-0.2, -0.15) is 17.5 Å². The third kappa shape index (κ3) is 4.31. The van der Waals surface area contributed by atoms with E-state index in [2.05, 4.69) is 0 Å². The van der Waals surface area contributed by atoms with Crippen molar-refractivity contribution >= 4 is 15.9 Å². The molecule has 10 heteroatoms. The molecule has 5 nitrogen and oxygen atoms in total. The number of carbonyl (C=O) groups is 1. The van der Waals surface area contributed by atoms with Crippen LogP contribution in [0.5, 0.6) is 0 Å². The van der Waals surface area contributed by atoms with Crippen LogP contribution in [0.1, 0.15) is 23.5 Å². The minimum Gasteiger partial charge on any atom is -0.340 e. The number of rotatable bonds is 4. The summed E-state index contributed by atoms with van der Waals surface area (Å²) in [6, 6.07) is 9.95. The van der Waals surface area contributed by atoms with Crippen LogP contribution < -0.4 is 0 Å². The number of halogens is 4. The highest BCUT2D eigenvalue weighted by atomic mass is 32.2. The smallest absolute Gasteiger partial charge is 0.340 e. The molecule has 1 aliphatic heterocycles. The Hall–Kier alpha value is -2.46. The Morgan fingerprint density at radius 1 is 0.968 bits per heavy atom. The fourth-order valence-corrected chi connectivity index (χ4v) is 5.42. The number of benzene rings is 2. The van der Waals surface area contributed by atoms with Gasteiger partial charge in [0.25, 0.3) is 0 Å². The summed E-state index contributed by atoms with van der Waals surface area (Å²) in [5.41, 5.74) is -0.526. The lowest BCUT2D eigenvalue weighted by Gasteiger charge is -2.34. The molecule has 0 bridgehead atoms. The van der Waals surface area contributed by atoms with Crippen molar-refractivity contribution in [3.8, 4) is 0 Å². The number of alkyl halides is 3. The van der Waals surface area contributed by atoms with Crippen molar-refractivity contribution in [3.05, 3.63) is 65.5 Å². The molecule has 166 valence electrons. The second-order valence-corrected chi connectivity index (χ2v) is 9.66. The van der Waals surface area contributed by atoms with E-state index in [0.29, 0.717) is 18.1 Å². The first-order valence-corrected chi connectivity index (χ1v) is 11.2. The zero-order valence-electron chi connectivity index (χ0n) is 16.3. The van der Waals surface area contributed by atoms with Gasteiger partial charge in [-0.05, 0) is 42.2 Å². The standard InChI is InChI=1S/C21H20F4N2O3S/c22-19-7-2-1-6-16(19)17-13-18(17)20(28)26-8-10-27(11-9-26)31(29,30)15-5-3-4-14(12-15)21(23,24)25/h1-7,12,17-18H,8-11,13H2. The molecule has 1 aliphatic carbocycles. The number of nitrogens with zero attached hydrogens (tertiary/aromatic N) is 2. The number of amides is 1. The van der Waals surface area contributed by atoms with E-state index in [9.17, 15) is 30.8 Å². The van der Waals surface area contributed by atoms with E-state index in [1.807, 2.05) is 0 Å². The van der Waals surface area contributed by atoms with E-state index < -0.39 is 26.7 Å². The molecular weight excluding hydrogens is 436 g/mol. The zero-order chi connectivity index (χ0) is 22.4. The van der Waals surface area contributed by atoms with Gasteiger partial charge in [-0.1, -0.05) is 24.3 Å². The maximum Gasteiger partial charge on any atom is 0.416 e. The first kappa shape index (κ1) is 21.8. The normalized spacial score (nSPS) is 22.4. The summed E-state index contributed by atoms with van der Waals surface area (Å²) in [5, 5.41) is 0. The second kappa shape index (κ2) is 7.90. The Balaban J connectivity index is 1.40. The van der Waals surface area contributed by atoms with Crippen molar-refractivity contribution in [1.29, 1.82) is 0 Å². The van der Waals surface area contributed by atoms with Crippen LogP contribution in [-0.4, -0.2) is 49.7 Å². The Kier molecular flexibility index (Phi) is 5.55. The van der Waals surface area contributed by atoms with Crippen molar-refractivity contribution in [2.45, 2.75) is 23.4 Å². The van der Waals surface area contributed by atoms with E-state index in [-0.39, 0.29) is 49.7 Å². The lowest BCUT2D eigenvalue weighted by atomic mass is 10.1. The van der Waals surface area contributed by atoms with Crippen molar-refractivity contribution in [1.82, 2.24) is 9.21 Å². The fraction of sp³-hybridized carbons (Fsp3) is 0.381. The van der Waals surface area contributed by atoms with E-state index >= 15 is 0 Å². The summed E-state index contributed by atoms with van der Waals surface area (Å²) in [6.07, 6.45) is -4.10. The maximum atomic E-state index is 13.9. The Morgan fingerprint density at radius 2 is 1.65 bits per heavy atom. The van der Waals surface area contributed by atoms with Gasteiger partial charge in [0.2, 0.25) is 15.9 Å². The van der Waals surface area contributed by atoms with Gasteiger partial charge in [-0.25, -0.2) is 12.8 Å². The molecule has 31 heavy (non-hydrogen) atoms. The summed E-state index contributed by atoms with van der Waals surface area (Å²) in [4.78, 5) is 13.9. The van der Waals surface area contributed by atoms with Crippen molar-refractivity contribution < 1.29 is 30.8 Å². The van der Waals surface area contributed by atoms with Gasteiger partial charge in [-0.3, -0.25) is 4.79 Å². The Morgan fingerprint density at radius 3 is 2.29 bits per heavy atom. The van der Waals surface area contributed by atoms with E-state index in [1.54, 1.807) is 23.1 Å². The van der Waals surface area contributed by atoms with Crippen LogP contribution in [0.3, 0.4) is 0 Å². The molecular formula is C21H20F4N2O3S. The second-order valence-electron chi connectivity index (χ2n) is 7.73. The molecule has 0 aromatic heterocycles. The number of hydrogen-bond acceptors (Lipinski definition) is 3. The highest BCUT2D eigenvalue weighted by molar-refractivity contribution is 7.89. The molecule has 2 unspecified atom stereocenters. The van der Waals surface area contributed by atoms with E-state index in [1.165, 1.54) is 6.07 Å². The van der Waals surface area contributed by atoms with Gasteiger partial charge < -0.3 is 4.90 Å². The minimum absolute atomic E-state index is 0.0125. The zero-order valence-corrected chi connectivity index (χ0v) is 17.2. The SMILES string of the molecule is O=C(C1CC1c1ccccc1F)N1CCN(S(=O)(=O)c2cccc(C(F)(F)F)c2)CC1. The molecule has 1 amide bonds. The van der Waals surface area contributed by atoms with E-state index in [0.717, 1.165) is 22.5 Å². The largest absolute Gasteiger partial charge is 0.416 e. The first-order valence-electron chi connectivity index (χ1n) is 9.79. The van der Waals surface area contributed by atoms with Crippen LogP contribution in [0.25, 0.3) is 0 Å². The van der Waals surface area contributed by atoms with E-state index in [4.69, 9.17) is 0 Å². The molecule has 0 N–H and O–H groups in total. The molecule has 2 fully saturated rings. The quantitative estimate of drug-likeness (QED) is 0.662. The van der Waals surface area contributed by atoms with Crippen LogP contribution in [0.2, 0.25) is 0 Å². The predicted octanol–water partition coefficient (Wildman–Crippen LogP) is 3.48. The van der Waals surface area contributed by atoms with Crippen molar-refractivity contribution in [2.24, 2.45) is 5.92 Å². The molecule has 1 heterocycles. The maximum absolute atomic E-state index is 13.9. The monoisotopic (exact) mass is 456 g/mol. The van der Waals surface area contributed by atoms with Crippen LogP contribution in [0.4, 0.5) is 17.6 Å². The first-order chi connectivity index (χ1) is 14.6. The summed E-state index contributed by atoms with van der Waals surface area (Å²) in [7, 11) is -4.11. The molecule has 2 aromatic rings. The minimum atomic E-state index is -4.64. The van der Waals surface area contributed by atoms with Gasteiger partial charge in [0, 0.05) is 32.1 Å². The molecule has 2 aromatic carbocycles. The predicted molar refractivity (Wildman–Crippen MR) is 104 cm³/mol. The van der Waals surface area contributed by atoms with Gasteiger partial charge >= 0.3 is 6.18 Å². The topological polar surface area (TPSA) is 57.7 Å². The molecule has 0 spiro atoms. The highest BCUT2D eigenvalue weighted by Gasteiger charge is 2.47. The number of hydrogen-bond donors (Lipinski definition) is 0. The fourth-order valence-electron chi connectivity index (χ4n) is 3.95. The summed E-state index contributed by atoms with van der Waals surface area (Å²) >= 11 is 0. The van der Waals surface area contributed by atoms with Crippen LogP contribution in [-0.2, 0) is 21.0 Å². The van der Waals surface area contributed by atoms with Gasteiger partial charge in [0.15, 0.2) is 0 Å².